The van der Waals surface area contributed by atoms with E-state index in [9.17, 15) is 0 Å². The van der Waals surface area contributed by atoms with Crippen LogP contribution in [0.2, 0.25) is 10.0 Å². The molecule has 1 aliphatic rings. The van der Waals surface area contributed by atoms with Gasteiger partial charge in [0.15, 0.2) is 5.96 Å². The van der Waals surface area contributed by atoms with Gasteiger partial charge in [0.1, 0.15) is 0 Å². The summed E-state index contributed by atoms with van der Waals surface area (Å²) in [7, 11) is 1.72. The quantitative estimate of drug-likeness (QED) is 0.425. The Morgan fingerprint density at radius 1 is 0.900 bits per heavy atom. The molecule has 0 radical (unpaired) electrons. The van der Waals surface area contributed by atoms with Gasteiger partial charge < -0.3 is 11.1 Å². The molecule has 162 valence electrons. The molecule has 4 nitrogen and oxygen atoms in total. The monoisotopic (exact) mass is 446 g/mol. The smallest absolute Gasteiger partial charge is 0.188 e. The second kappa shape index (κ2) is 11.6. The predicted octanol–water partition coefficient (Wildman–Crippen LogP) is 5.34. The Morgan fingerprint density at radius 2 is 1.37 bits per heavy atom. The number of rotatable bonds is 8. The van der Waals surface area contributed by atoms with Gasteiger partial charge in [-0.1, -0.05) is 47.5 Å². The van der Waals surface area contributed by atoms with Crippen LogP contribution in [-0.2, 0) is 13.1 Å². The first kappa shape index (κ1) is 22.9. The van der Waals surface area contributed by atoms with Gasteiger partial charge in [-0.3, -0.25) is 9.89 Å². The Balaban J connectivity index is 1.58. The lowest BCUT2D eigenvalue weighted by Gasteiger charge is -2.33. The molecule has 0 aliphatic heterocycles. The maximum Gasteiger partial charge on any atom is 0.188 e. The predicted molar refractivity (Wildman–Crippen MR) is 128 cm³/mol. The minimum absolute atomic E-state index is 0.536. The molecule has 0 spiro atoms. The van der Waals surface area contributed by atoms with Gasteiger partial charge in [-0.25, -0.2) is 0 Å². The molecule has 1 saturated carbocycles. The number of benzene rings is 2. The van der Waals surface area contributed by atoms with Crippen molar-refractivity contribution >= 4 is 29.2 Å². The third-order valence-corrected chi connectivity index (χ3v) is 6.44. The van der Waals surface area contributed by atoms with Crippen molar-refractivity contribution in [1.29, 1.82) is 0 Å². The second-order valence-corrected chi connectivity index (χ2v) is 9.17. The van der Waals surface area contributed by atoms with E-state index in [2.05, 4.69) is 39.5 Å². The molecule has 1 fully saturated rings. The number of nitrogens with zero attached hydrogens (tertiary/aromatic N) is 2. The summed E-state index contributed by atoms with van der Waals surface area (Å²) in [5, 5.41) is 4.79. The van der Waals surface area contributed by atoms with Crippen LogP contribution in [0, 0.1) is 11.8 Å². The van der Waals surface area contributed by atoms with E-state index < -0.39 is 0 Å². The summed E-state index contributed by atoms with van der Waals surface area (Å²) in [6.45, 7) is 3.87. The average molecular weight is 447 g/mol. The number of aliphatic imine (C=N–C) groups is 1. The van der Waals surface area contributed by atoms with E-state index in [-0.39, 0.29) is 0 Å². The molecular formula is C24H32Cl2N4. The van der Waals surface area contributed by atoms with Gasteiger partial charge in [0.05, 0.1) is 0 Å². The van der Waals surface area contributed by atoms with E-state index in [1.165, 1.54) is 36.8 Å². The van der Waals surface area contributed by atoms with E-state index in [4.69, 9.17) is 28.9 Å². The summed E-state index contributed by atoms with van der Waals surface area (Å²) in [5.41, 5.74) is 8.35. The summed E-state index contributed by atoms with van der Waals surface area (Å²) in [5.74, 6) is 1.94. The maximum absolute atomic E-state index is 6.07. The van der Waals surface area contributed by atoms with Gasteiger partial charge in [-0.15, -0.1) is 0 Å². The summed E-state index contributed by atoms with van der Waals surface area (Å²) >= 11 is 12.1. The lowest BCUT2D eigenvalue weighted by atomic mass is 9.81. The summed E-state index contributed by atoms with van der Waals surface area (Å²) in [6.07, 6.45) is 5.00. The zero-order chi connectivity index (χ0) is 21.3. The Labute approximate surface area is 190 Å². The minimum atomic E-state index is 0.536. The van der Waals surface area contributed by atoms with E-state index in [0.29, 0.717) is 11.9 Å². The van der Waals surface area contributed by atoms with Crippen molar-refractivity contribution in [3.05, 3.63) is 69.7 Å². The fraction of sp³-hybridized carbons (Fsp3) is 0.458. The number of halogens is 2. The highest BCUT2D eigenvalue weighted by atomic mass is 35.5. The third-order valence-electron chi connectivity index (χ3n) is 5.93. The van der Waals surface area contributed by atoms with Crippen LogP contribution in [-0.4, -0.2) is 31.0 Å². The highest BCUT2D eigenvalue weighted by Crippen LogP contribution is 2.30. The molecule has 3 rings (SSSR count). The fourth-order valence-electron chi connectivity index (χ4n) is 4.19. The van der Waals surface area contributed by atoms with Gasteiger partial charge >= 0.3 is 0 Å². The molecule has 0 amide bonds. The standard InChI is InChI=1S/C24H32Cl2N4/c1-28-24(27)29-14-18-2-4-19(5-3-18)15-30(16-20-6-10-22(25)11-7-20)17-21-8-12-23(26)13-9-21/h6-13,18-19H,2-5,14-17H2,1H3,(H3,27,28,29). The average Bonchev–Trinajstić information content (AvgIpc) is 2.76. The first-order valence-electron chi connectivity index (χ1n) is 10.7. The van der Waals surface area contributed by atoms with Crippen LogP contribution in [0.15, 0.2) is 53.5 Å². The van der Waals surface area contributed by atoms with Crippen molar-refractivity contribution in [2.45, 2.75) is 38.8 Å². The van der Waals surface area contributed by atoms with Gasteiger partial charge in [-0.05, 0) is 72.9 Å². The Hall–Kier alpha value is -1.75. The molecular weight excluding hydrogens is 415 g/mol. The molecule has 0 heterocycles. The zero-order valence-corrected chi connectivity index (χ0v) is 19.2. The molecule has 0 saturated heterocycles. The molecule has 0 atom stereocenters. The van der Waals surface area contributed by atoms with E-state index >= 15 is 0 Å². The van der Waals surface area contributed by atoms with E-state index in [0.717, 1.165) is 42.1 Å². The normalized spacial score (nSPS) is 19.8. The molecule has 1 aliphatic carbocycles. The largest absolute Gasteiger partial charge is 0.370 e. The first-order valence-corrected chi connectivity index (χ1v) is 11.4. The lowest BCUT2D eigenvalue weighted by Crippen LogP contribution is -2.37. The SMILES string of the molecule is CN=C(N)NCC1CCC(CN(Cc2ccc(Cl)cc2)Cc2ccc(Cl)cc2)CC1. The molecule has 0 aromatic heterocycles. The van der Waals surface area contributed by atoms with Crippen LogP contribution < -0.4 is 11.1 Å². The van der Waals surface area contributed by atoms with Crippen LogP contribution >= 0.6 is 23.2 Å². The number of hydrogen-bond donors (Lipinski definition) is 2. The second-order valence-electron chi connectivity index (χ2n) is 8.30. The summed E-state index contributed by atoms with van der Waals surface area (Å²) in [6, 6.07) is 16.4. The molecule has 3 N–H and O–H groups in total. The Morgan fingerprint density at radius 3 is 1.83 bits per heavy atom. The van der Waals surface area contributed by atoms with Crippen LogP contribution in [0.5, 0.6) is 0 Å². The third kappa shape index (κ3) is 7.50. The van der Waals surface area contributed by atoms with Crippen molar-refractivity contribution in [3.8, 4) is 0 Å². The topological polar surface area (TPSA) is 53.6 Å². The van der Waals surface area contributed by atoms with Crippen molar-refractivity contribution < 1.29 is 0 Å². The highest BCUT2D eigenvalue weighted by molar-refractivity contribution is 6.30. The van der Waals surface area contributed by atoms with Crippen molar-refractivity contribution in [2.75, 3.05) is 20.1 Å². The van der Waals surface area contributed by atoms with Crippen molar-refractivity contribution in [3.63, 3.8) is 0 Å². The van der Waals surface area contributed by atoms with Crippen LogP contribution in [0.3, 0.4) is 0 Å². The van der Waals surface area contributed by atoms with Gasteiger partial charge in [-0.2, -0.15) is 0 Å². The van der Waals surface area contributed by atoms with E-state index in [1.807, 2.05) is 24.3 Å². The first-order chi connectivity index (χ1) is 14.5. The number of hydrogen-bond acceptors (Lipinski definition) is 2. The number of guanidine groups is 1. The molecule has 6 heteroatoms. The summed E-state index contributed by atoms with van der Waals surface area (Å²) < 4.78 is 0. The lowest BCUT2D eigenvalue weighted by molar-refractivity contribution is 0.169. The number of nitrogens with two attached hydrogens (primary N) is 1. The minimum Gasteiger partial charge on any atom is -0.370 e. The summed E-state index contributed by atoms with van der Waals surface area (Å²) in [4.78, 5) is 6.53. The maximum atomic E-state index is 6.07. The molecule has 0 bridgehead atoms. The Bertz CT molecular complexity index is 749. The molecule has 2 aromatic rings. The molecule has 2 aromatic carbocycles. The molecule has 30 heavy (non-hydrogen) atoms. The molecule has 0 unspecified atom stereocenters. The van der Waals surface area contributed by atoms with Gasteiger partial charge in [0.2, 0.25) is 0 Å². The van der Waals surface area contributed by atoms with Crippen molar-refractivity contribution in [1.82, 2.24) is 10.2 Å². The highest BCUT2D eigenvalue weighted by Gasteiger charge is 2.23. The number of nitrogens with one attached hydrogen (secondary N) is 1. The fourth-order valence-corrected chi connectivity index (χ4v) is 4.44. The van der Waals surface area contributed by atoms with Crippen LogP contribution in [0.25, 0.3) is 0 Å². The Kier molecular flexibility index (Phi) is 8.86. The van der Waals surface area contributed by atoms with Crippen LogP contribution in [0.4, 0.5) is 0 Å². The van der Waals surface area contributed by atoms with Crippen LogP contribution in [0.1, 0.15) is 36.8 Å². The van der Waals surface area contributed by atoms with Gasteiger partial charge in [0, 0.05) is 43.3 Å². The van der Waals surface area contributed by atoms with Crippen molar-refractivity contribution in [2.24, 2.45) is 22.6 Å². The van der Waals surface area contributed by atoms with E-state index in [1.54, 1.807) is 7.05 Å². The van der Waals surface area contributed by atoms with Gasteiger partial charge in [0.25, 0.3) is 0 Å². The zero-order valence-electron chi connectivity index (χ0n) is 17.7.